The molecule has 0 atom stereocenters. The van der Waals surface area contributed by atoms with Gasteiger partial charge in [0.2, 0.25) is 10.0 Å². The predicted molar refractivity (Wildman–Crippen MR) is 73.9 cm³/mol. The quantitative estimate of drug-likeness (QED) is 0.486. The average Bonchev–Trinajstić information content (AvgIpc) is 2.38. The average molecular weight is 300 g/mol. The SMILES string of the molecule is C=CCN(CCO)S(=O)(=O)c1cc(N)ccc1C(=O)O. The molecule has 0 aliphatic rings. The van der Waals surface area contributed by atoms with Crippen LogP contribution in [0.25, 0.3) is 0 Å². The summed E-state index contributed by atoms with van der Waals surface area (Å²) in [6.07, 6.45) is 1.35. The number of benzene rings is 1. The second-order valence-electron chi connectivity index (χ2n) is 3.94. The molecular weight excluding hydrogens is 284 g/mol. The van der Waals surface area contributed by atoms with Crippen molar-refractivity contribution in [2.24, 2.45) is 0 Å². The van der Waals surface area contributed by atoms with Crippen LogP contribution in [0.4, 0.5) is 5.69 Å². The first-order chi connectivity index (χ1) is 9.34. The third-order valence-electron chi connectivity index (χ3n) is 2.54. The molecule has 7 nitrogen and oxygen atoms in total. The molecule has 0 amide bonds. The van der Waals surface area contributed by atoms with Crippen molar-refractivity contribution in [2.45, 2.75) is 4.90 Å². The lowest BCUT2D eigenvalue weighted by Crippen LogP contribution is -2.34. The molecule has 0 heterocycles. The summed E-state index contributed by atoms with van der Waals surface area (Å²) in [7, 11) is -4.08. The third kappa shape index (κ3) is 3.35. The summed E-state index contributed by atoms with van der Waals surface area (Å²) in [5, 5.41) is 18.0. The molecule has 1 aromatic rings. The van der Waals surface area contributed by atoms with Gasteiger partial charge in [-0.1, -0.05) is 6.08 Å². The van der Waals surface area contributed by atoms with Crippen LogP contribution in [0.2, 0.25) is 0 Å². The van der Waals surface area contributed by atoms with Crippen LogP contribution in [0.1, 0.15) is 10.4 Å². The Kier molecular flexibility index (Phi) is 5.26. The maximum absolute atomic E-state index is 12.4. The number of carbonyl (C=O) groups is 1. The van der Waals surface area contributed by atoms with Gasteiger partial charge in [0.15, 0.2) is 0 Å². The van der Waals surface area contributed by atoms with Crippen molar-refractivity contribution in [1.82, 2.24) is 4.31 Å². The van der Waals surface area contributed by atoms with Crippen molar-refractivity contribution in [2.75, 3.05) is 25.4 Å². The summed E-state index contributed by atoms with van der Waals surface area (Å²) < 4.78 is 25.8. The van der Waals surface area contributed by atoms with Crippen LogP contribution >= 0.6 is 0 Å². The molecule has 0 fully saturated rings. The van der Waals surface area contributed by atoms with E-state index in [0.29, 0.717) is 0 Å². The molecule has 0 unspecified atom stereocenters. The maximum atomic E-state index is 12.4. The van der Waals surface area contributed by atoms with E-state index in [2.05, 4.69) is 6.58 Å². The first-order valence-corrected chi connectivity index (χ1v) is 7.13. The molecule has 1 aromatic carbocycles. The van der Waals surface area contributed by atoms with Crippen molar-refractivity contribution in [1.29, 1.82) is 0 Å². The van der Waals surface area contributed by atoms with Gasteiger partial charge in [-0.15, -0.1) is 6.58 Å². The second-order valence-corrected chi connectivity index (χ2v) is 5.84. The van der Waals surface area contributed by atoms with Crippen molar-refractivity contribution < 1.29 is 23.4 Å². The molecule has 1 rings (SSSR count). The van der Waals surface area contributed by atoms with E-state index in [4.69, 9.17) is 15.9 Å². The van der Waals surface area contributed by atoms with Gasteiger partial charge in [-0.25, -0.2) is 13.2 Å². The lowest BCUT2D eigenvalue weighted by atomic mass is 10.2. The van der Waals surface area contributed by atoms with Gasteiger partial charge in [-0.3, -0.25) is 0 Å². The Labute approximate surface area is 117 Å². The van der Waals surface area contributed by atoms with Crippen LogP contribution in [0.5, 0.6) is 0 Å². The van der Waals surface area contributed by atoms with Crippen LogP contribution in [-0.2, 0) is 10.0 Å². The van der Waals surface area contributed by atoms with Gasteiger partial charge in [-0.05, 0) is 18.2 Å². The van der Waals surface area contributed by atoms with E-state index in [-0.39, 0.29) is 24.3 Å². The molecule has 0 bridgehead atoms. The molecule has 0 aliphatic heterocycles. The number of aliphatic hydroxyl groups excluding tert-OH is 1. The highest BCUT2D eigenvalue weighted by molar-refractivity contribution is 7.89. The largest absolute Gasteiger partial charge is 0.478 e. The molecular formula is C12H16N2O5S. The maximum Gasteiger partial charge on any atom is 0.337 e. The van der Waals surface area contributed by atoms with Crippen LogP contribution < -0.4 is 5.73 Å². The van der Waals surface area contributed by atoms with Crippen molar-refractivity contribution >= 4 is 21.7 Å². The fourth-order valence-corrected chi connectivity index (χ4v) is 3.25. The lowest BCUT2D eigenvalue weighted by molar-refractivity contribution is 0.0692. The molecule has 110 valence electrons. The monoisotopic (exact) mass is 300 g/mol. The van der Waals surface area contributed by atoms with E-state index < -0.39 is 27.5 Å². The molecule has 20 heavy (non-hydrogen) atoms. The number of rotatable bonds is 7. The summed E-state index contributed by atoms with van der Waals surface area (Å²) in [5.41, 5.74) is 5.29. The fourth-order valence-electron chi connectivity index (χ4n) is 1.63. The summed E-state index contributed by atoms with van der Waals surface area (Å²) in [6.45, 7) is 2.84. The number of hydrogen-bond acceptors (Lipinski definition) is 5. The Bertz CT molecular complexity index is 612. The molecule has 0 radical (unpaired) electrons. The number of nitrogens with two attached hydrogens (primary N) is 1. The highest BCUT2D eigenvalue weighted by atomic mass is 32.2. The molecule has 8 heteroatoms. The van der Waals surface area contributed by atoms with Gasteiger partial charge < -0.3 is 15.9 Å². The van der Waals surface area contributed by atoms with Gasteiger partial charge in [0, 0.05) is 18.8 Å². The zero-order valence-corrected chi connectivity index (χ0v) is 11.5. The zero-order chi connectivity index (χ0) is 15.3. The van der Waals surface area contributed by atoms with E-state index in [0.717, 1.165) is 16.4 Å². The Balaban J connectivity index is 3.42. The minimum absolute atomic E-state index is 0.0449. The van der Waals surface area contributed by atoms with E-state index in [1.807, 2.05) is 0 Å². The third-order valence-corrected chi connectivity index (χ3v) is 4.44. The topological polar surface area (TPSA) is 121 Å². The van der Waals surface area contributed by atoms with Crippen molar-refractivity contribution in [3.63, 3.8) is 0 Å². The Hall–Kier alpha value is -1.90. The lowest BCUT2D eigenvalue weighted by Gasteiger charge is -2.20. The Morgan fingerprint density at radius 1 is 1.45 bits per heavy atom. The predicted octanol–water partition coefficient (Wildman–Crippen LogP) is 0.136. The minimum Gasteiger partial charge on any atom is -0.478 e. The number of aliphatic hydroxyl groups is 1. The summed E-state index contributed by atoms with van der Waals surface area (Å²) in [6, 6.07) is 3.54. The van der Waals surface area contributed by atoms with E-state index in [9.17, 15) is 13.2 Å². The van der Waals surface area contributed by atoms with Crippen LogP contribution in [-0.4, -0.2) is 48.6 Å². The zero-order valence-electron chi connectivity index (χ0n) is 10.7. The van der Waals surface area contributed by atoms with Gasteiger partial charge in [0.05, 0.1) is 17.1 Å². The number of sulfonamides is 1. The number of hydrogen-bond donors (Lipinski definition) is 3. The Morgan fingerprint density at radius 3 is 2.60 bits per heavy atom. The van der Waals surface area contributed by atoms with Gasteiger partial charge >= 0.3 is 5.97 Å². The number of nitrogen functional groups attached to an aromatic ring is 1. The molecule has 0 aromatic heterocycles. The normalized spacial score (nSPS) is 11.5. The van der Waals surface area contributed by atoms with E-state index in [1.54, 1.807) is 0 Å². The fraction of sp³-hybridized carbons (Fsp3) is 0.250. The number of aromatic carboxylic acids is 1. The van der Waals surface area contributed by atoms with Crippen LogP contribution in [0.3, 0.4) is 0 Å². The van der Waals surface area contributed by atoms with Crippen molar-refractivity contribution in [3.05, 3.63) is 36.4 Å². The summed E-state index contributed by atoms with van der Waals surface area (Å²) in [4.78, 5) is 10.7. The number of nitrogens with zero attached hydrogens (tertiary/aromatic N) is 1. The molecule has 0 spiro atoms. The smallest absolute Gasteiger partial charge is 0.337 e. The highest BCUT2D eigenvalue weighted by Crippen LogP contribution is 2.23. The molecule has 0 saturated carbocycles. The van der Waals surface area contributed by atoms with Crippen LogP contribution in [0, 0.1) is 0 Å². The Morgan fingerprint density at radius 2 is 2.10 bits per heavy atom. The number of carboxylic acids is 1. The van der Waals surface area contributed by atoms with Gasteiger partial charge in [-0.2, -0.15) is 4.31 Å². The van der Waals surface area contributed by atoms with Gasteiger partial charge in [0.1, 0.15) is 0 Å². The van der Waals surface area contributed by atoms with E-state index in [1.165, 1.54) is 12.1 Å². The van der Waals surface area contributed by atoms with E-state index >= 15 is 0 Å². The van der Waals surface area contributed by atoms with Crippen LogP contribution in [0.15, 0.2) is 35.7 Å². The second kappa shape index (κ2) is 6.51. The number of carboxylic acid groups (broad SMARTS) is 1. The van der Waals surface area contributed by atoms with Crippen molar-refractivity contribution in [3.8, 4) is 0 Å². The molecule has 4 N–H and O–H groups in total. The first-order valence-electron chi connectivity index (χ1n) is 5.69. The van der Waals surface area contributed by atoms with Gasteiger partial charge in [0.25, 0.3) is 0 Å². The summed E-state index contributed by atoms with van der Waals surface area (Å²) in [5.74, 6) is -1.37. The molecule has 0 saturated heterocycles. The first kappa shape index (κ1) is 16.2. The standard InChI is InChI=1S/C12H16N2O5S/c1-2-5-14(6-7-15)20(18,19)11-8-9(13)3-4-10(11)12(16)17/h2-4,8,15H,1,5-7,13H2,(H,16,17). The molecule has 0 aliphatic carbocycles. The summed E-state index contributed by atoms with van der Waals surface area (Å²) >= 11 is 0. The minimum atomic E-state index is -4.08. The highest BCUT2D eigenvalue weighted by Gasteiger charge is 2.28. The number of anilines is 1.